The topological polar surface area (TPSA) is 85.2 Å². The number of nitrogens with zero attached hydrogens (tertiary/aromatic N) is 3. The van der Waals surface area contributed by atoms with Gasteiger partial charge < -0.3 is 9.84 Å². The number of halogens is 3. The number of aromatic carboxylic acids is 1. The molecule has 20 heavy (non-hydrogen) atoms. The van der Waals surface area contributed by atoms with Gasteiger partial charge in [-0.05, 0) is 0 Å². The zero-order valence-corrected chi connectivity index (χ0v) is 10.4. The van der Waals surface area contributed by atoms with Gasteiger partial charge in [-0.25, -0.2) is 14.8 Å². The van der Waals surface area contributed by atoms with Crippen molar-refractivity contribution in [3.8, 4) is 16.5 Å². The lowest BCUT2D eigenvalue weighted by atomic mass is 10.4. The predicted octanol–water partition coefficient (Wildman–Crippen LogP) is 2.24. The molecule has 0 aromatic carbocycles. The van der Waals surface area contributed by atoms with Gasteiger partial charge in [0, 0.05) is 6.20 Å². The van der Waals surface area contributed by atoms with Gasteiger partial charge in [0.25, 0.3) is 0 Å². The van der Waals surface area contributed by atoms with E-state index in [2.05, 4.69) is 19.7 Å². The van der Waals surface area contributed by atoms with Crippen molar-refractivity contribution in [2.24, 2.45) is 0 Å². The molecule has 0 fully saturated rings. The Hall–Kier alpha value is -2.23. The fourth-order valence-electron chi connectivity index (χ4n) is 1.18. The number of hydrogen-bond donors (Lipinski definition) is 1. The van der Waals surface area contributed by atoms with Crippen molar-refractivity contribution < 1.29 is 27.8 Å². The zero-order valence-electron chi connectivity index (χ0n) is 9.59. The van der Waals surface area contributed by atoms with E-state index in [9.17, 15) is 18.0 Å². The van der Waals surface area contributed by atoms with E-state index in [0.29, 0.717) is 4.88 Å². The molecule has 10 heteroatoms. The molecule has 0 aliphatic heterocycles. The van der Waals surface area contributed by atoms with Gasteiger partial charge in [-0.15, -0.1) is 11.3 Å². The molecule has 0 atom stereocenters. The molecule has 2 aromatic rings. The van der Waals surface area contributed by atoms with E-state index in [1.165, 1.54) is 12.4 Å². The van der Waals surface area contributed by atoms with Gasteiger partial charge in [-0.1, -0.05) is 0 Å². The van der Waals surface area contributed by atoms with Crippen LogP contribution in [0.3, 0.4) is 0 Å². The van der Waals surface area contributed by atoms with Crippen molar-refractivity contribution in [1.29, 1.82) is 0 Å². The number of thiazole rings is 1. The van der Waals surface area contributed by atoms with Crippen LogP contribution in [-0.4, -0.2) is 38.8 Å². The van der Waals surface area contributed by atoms with Crippen LogP contribution in [0.25, 0.3) is 10.6 Å². The molecule has 1 N–H and O–H groups in total. The number of ether oxygens (including phenoxy) is 1. The van der Waals surface area contributed by atoms with Gasteiger partial charge in [0.1, 0.15) is 5.69 Å². The van der Waals surface area contributed by atoms with Crippen LogP contribution in [0.5, 0.6) is 5.88 Å². The first-order valence-corrected chi connectivity index (χ1v) is 5.88. The van der Waals surface area contributed by atoms with Gasteiger partial charge in [-0.3, -0.25) is 4.98 Å². The fourth-order valence-corrected chi connectivity index (χ4v) is 1.89. The Kier molecular flexibility index (Phi) is 3.84. The fraction of sp³-hybridized carbons (Fsp3) is 0.200. The molecule has 2 heterocycles. The van der Waals surface area contributed by atoms with E-state index in [-0.39, 0.29) is 16.6 Å². The van der Waals surface area contributed by atoms with E-state index in [4.69, 9.17) is 5.11 Å². The Balaban J connectivity index is 2.18. The minimum absolute atomic E-state index is 0.150. The molecular formula is C10H6F3N3O3S. The summed E-state index contributed by atoms with van der Waals surface area (Å²) in [5, 5.41) is 8.59. The second-order valence-corrected chi connectivity index (χ2v) is 4.51. The largest absolute Gasteiger partial charge is 0.476 e. The standard InChI is InChI=1S/C10H6F3N3O3S/c11-10(12,13)4-19-7-3-14-1-5(16-7)6-2-15-8(20-6)9(17)18/h1-3H,4H2,(H,17,18). The van der Waals surface area contributed by atoms with Crippen LogP contribution >= 0.6 is 11.3 Å². The van der Waals surface area contributed by atoms with Crippen LogP contribution in [-0.2, 0) is 0 Å². The van der Waals surface area contributed by atoms with Gasteiger partial charge >= 0.3 is 12.1 Å². The van der Waals surface area contributed by atoms with Crippen LogP contribution in [0.1, 0.15) is 9.80 Å². The van der Waals surface area contributed by atoms with Gasteiger partial charge in [0.05, 0.1) is 17.3 Å². The summed E-state index contributed by atoms with van der Waals surface area (Å²) in [5.74, 6) is -1.50. The lowest BCUT2D eigenvalue weighted by molar-refractivity contribution is -0.154. The van der Waals surface area contributed by atoms with Gasteiger partial charge in [0.15, 0.2) is 6.61 Å². The summed E-state index contributed by atoms with van der Waals surface area (Å²) in [6.45, 7) is -1.48. The highest BCUT2D eigenvalue weighted by molar-refractivity contribution is 7.16. The molecule has 0 saturated heterocycles. The second kappa shape index (κ2) is 5.41. The number of carbonyl (C=O) groups is 1. The monoisotopic (exact) mass is 305 g/mol. The molecule has 0 amide bonds. The van der Waals surface area contributed by atoms with E-state index in [1.807, 2.05) is 0 Å². The minimum atomic E-state index is -4.47. The summed E-state index contributed by atoms with van der Waals surface area (Å²) >= 11 is 0.835. The van der Waals surface area contributed by atoms with Gasteiger partial charge in [0.2, 0.25) is 10.9 Å². The van der Waals surface area contributed by atoms with Crippen LogP contribution in [0.2, 0.25) is 0 Å². The molecule has 106 valence electrons. The highest BCUT2D eigenvalue weighted by Crippen LogP contribution is 2.25. The molecule has 0 bridgehead atoms. The Labute approximate surface area is 113 Å². The Bertz CT molecular complexity index is 629. The number of alkyl halides is 3. The molecular weight excluding hydrogens is 299 g/mol. The highest BCUT2D eigenvalue weighted by Gasteiger charge is 2.28. The third kappa shape index (κ3) is 3.63. The second-order valence-electron chi connectivity index (χ2n) is 3.48. The first kappa shape index (κ1) is 14.2. The summed E-state index contributed by atoms with van der Waals surface area (Å²) in [6, 6.07) is 0. The van der Waals surface area contributed by atoms with Crippen molar-refractivity contribution in [1.82, 2.24) is 15.0 Å². The molecule has 0 radical (unpaired) electrons. The summed E-state index contributed by atoms with van der Waals surface area (Å²) in [5.41, 5.74) is 0.190. The number of carboxylic acids is 1. The lowest BCUT2D eigenvalue weighted by Gasteiger charge is -2.08. The Morgan fingerprint density at radius 2 is 2.10 bits per heavy atom. The third-order valence-electron chi connectivity index (χ3n) is 1.94. The SMILES string of the molecule is O=C(O)c1ncc(-c2cncc(OCC(F)(F)F)n2)s1. The number of hydrogen-bond acceptors (Lipinski definition) is 6. The average molecular weight is 305 g/mol. The van der Waals surface area contributed by atoms with Crippen LogP contribution in [0.4, 0.5) is 13.2 Å². The predicted molar refractivity (Wildman–Crippen MR) is 61.6 cm³/mol. The van der Waals surface area contributed by atoms with Crippen molar-refractivity contribution in [3.63, 3.8) is 0 Å². The molecule has 2 rings (SSSR count). The maximum Gasteiger partial charge on any atom is 0.422 e. The summed E-state index contributed by atoms with van der Waals surface area (Å²) in [7, 11) is 0. The van der Waals surface area contributed by atoms with Crippen LogP contribution in [0.15, 0.2) is 18.6 Å². The Morgan fingerprint density at radius 3 is 2.70 bits per heavy atom. The number of carboxylic acid groups (broad SMARTS) is 1. The number of aromatic nitrogens is 3. The molecule has 0 saturated carbocycles. The maximum absolute atomic E-state index is 12.0. The molecule has 6 nitrogen and oxygen atoms in total. The van der Waals surface area contributed by atoms with E-state index in [1.54, 1.807) is 0 Å². The first-order chi connectivity index (χ1) is 9.35. The normalized spacial score (nSPS) is 11.3. The summed E-state index contributed by atoms with van der Waals surface area (Å²) in [4.78, 5) is 22.2. The molecule has 0 unspecified atom stereocenters. The maximum atomic E-state index is 12.0. The van der Waals surface area contributed by atoms with Crippen LogP contribution < -0.4 is 4.74 Å². The highest BCUT2D eigenvalue weighted by atomic mass is 32.1. The summed E-state index contributed by atoms with van der Waals surface area (Å²) in [6.07, 6.45) is -0.904. The molecule has 0 spiro atoms. The van der Waals surface area contributed by atoms with E-state index < -0.39 is 18.8 Å². The van der Waals surface area contributed by atoms with Gasteiger partial charge in [-0.2, -0.15) is 13.2 Å². The Morgan fingerprint density at radius 1 is 1.35 bits per heavy atom. The van der Waals surface area contributed by atoms with Crippen molar-refractivity contribution in [2.45, 2.75) is 6.18 Å². The average Bonchev–Trinajstić information content (AvgIpc) is 2.86. The molecule has 0 aliphatic rings. The quantitative estimate of drug-likeness (QED) is 0.932. The van der Waals surface area contributed by atoms with E-state index >= 15 is 0 Å². The molecule has 0 aliphatic carbocycles. The van der Waals surface area contributed by atoms with Crippen molar-refractivity contribution >= 4 is 17.3 Å². The smallest absolute Gasteiger partial charge is 0.422 e. The number of rotatable bonds is 4. The minimum Gasteiger partial charge on any atom is -0.476 e. The van der Waals surface area contributed by atoms with Crippen molar-refractivity contribution in [2.75, 3.05) is 6.61 Å². The summed E-state index contributed by atoms with van der Waals surface area (Å²) < 4.78 is 40.5. The lowest BCUT2D eigenvalue weighted by Crippen LogP contribution is -2.19. The van der Waals surface area contributed by atoms with E-state index in [0.717, 1.165) is 17.5 Å². The zero-order chi connectivity index (χ0) is 14.8. The third-order valence-corrected chi connectivity index (χ3v) is 2.95. The molecule has 2 aromatic heterocycles. The van der Waals surface area contributed by atoms with Crippen molar-refractivity contribution in [3.05, 3.63) is 23.6 Å². The van der Waals surface area contributed by atoms with Crippen LogP contribution in [0, 0.1) is 0 Å². The first-order valence-electron chi connectivity index (χ1n) is 5.06.